The molecule has 1 unspecified atom stereocenters. The number of benzene rings is 1. The Bertz CT molecular complexity index is 565. The highest BCUT2D eigenvalue weighted by Crippen LogP contribution is 2.26. The van der Waals surface area contributed by atoms with Crippen molar-refractivity contribution < 1.29 is 0 Å². The minimum atomic E-state index is 0.507. The average molecular weight is 255 g/mol. The summed E-state index contributed by atoms with van der Waals surface area (Å²) in [5.41, 5.74) is 5.22. The molecule has 3 heteroatoms. The normalized spacial score (nSPS) is 19.6. The van der Waals surface area contributed by atoms with Gasteiger partial charge < -0.3 is 5.32 Å². The van der Waals surface area contributed by atoms with Crippen LogP contribution in [-0.4, -0.2) is 22.9 Å². The summed E-state index contributed by atoms with van der Waals surface area (Å²) >= 11 is 0. The molecule has 1 aromatic heterocycles. The summed E-state index contributed by atoms with van der Waals surface area (Å²) in [5.74, 6) is 0. The van der Waals surface area contributed by atoms with Crippen LogP contribution in [0.4, 0.5) is 0 Å². The Hall–Kier alpha value is -1.61. The summed E-state index contributed by atoms with van der Waals surface area (Å²) in [6, 6.07) is 6.97. The Balaban J connectivity index is 1.90. The smallest absolute Gasteiger partial charge is 0.0644 e. The first-order valence-corrected chi connectivity index (χ1v) is 7.07. The molecule has 0 bridgehead atoms. The molecule has 0 radical (unpaired) electrons. The predicted molar refractivity (Wildman–Crippen MR) is 78.3 cm³/mol. The molecule has 1 aliphatic rings. The lowest BCUT2D eigenvalue weighted by Gasteiger charge is -2.22. The Labute approximate surface area is 114 Å². The van der Waals surface area contributed by atoms with Crippen molar-refractivity contribution in [1.82, 2.24) is 15.1 Å². The van der Waals surface area contributed by atoms with E-state index in [2.05, 4.69) is 53.3 Å². The molecule has 1 N–H and O–H groups in total. The van der Waals surface area contributed by atoms with Gasteiger partial charge in [0.25, 0.3) is 0 Å². The Morgan fingerprint density at radius 1 is 1.32 bits per heavy atom. The van der Waals surface area contributed by atoms with E-state index in [0.29, 0.717) is 6.04 Å². The van der Waals surface area contributed by atoms with Crippen molar-refractivity contribution in [1.29, 1.82) is 0 Å². The van der Waals surface area contributed by atoms with Gasteiger partial charge in [0, 0.05) is 18.3 Å². The van der Waals surface area contributed by atoms with Gasteiger partial charge in [-0.2, -0.15) is 5.10 Å². The quantitative estimate of drug-likeness (QED) is 0.893. The van der Waals surface area contributed by atoms with E-state index >= 15 is 0 Å². The van der Waals surface area contributed by atoms with Crippen LogP contribution in [0.1, 0.15) is 30.0 Å². The largest absolute Gasteiger partial charge is 0.315 e. The Morgan fingerprint density at radius 2 is 2.21 bits per heavy atom. The third kappa shape index (κ3) is 2.43. The molecular weight excluding hydrogens is 234 g/mol. The molecule has 1 aliphatic heterocycles. The Morgan fingerprint density at radius 3 is 3.00 bits per heavy atom. The zero-order chi connectivity index (χ0) is 13.2. The van der Waals surface area contributed by atoms with Gasteiger partial charge in [-0.15, -0.1) is 0 Å². The molecule has 1 atom stereocenters. The number of rotatable bonds is 2. The van der Waals surface area contributed by atoms with Crippen molar-refractivity contribution in [2.75, 3.05) is 13.1 Å². The predicted octanol–water partition coefficient (Wildman–Crippen LogP) is 3.09. The molecule has 1 saturated heterocycles. The summed E-state index contributed by atoms with van der Waals surface area (Å²) in [6.07, 6.45) is 6.65. The number of nitrogens with zero attached hydrogens (tertiary/aromatic N) is 2. The molecule has 3 rings (SSSR count). The van der Waals surface area contributed by atoms with Crippen LogP contribution in [0.2, 0.25) is 0 Å². The first-order valence-electron chi connectivity index (χ1n) is 7.07. The van der Waals surface area contributed by atoms with E-state index in [1.165, 1.54) is 35.1 Å². The molecule has 1 fully saturated rings. The van der Waals surface area contributed by atoms with E-state index in [0.717, 1.165) is 13.1 Å². The van der Waals surface area contributed by atoms with Gasteiger partial charge in [0.2, 0.25) is 0 Å². The summed E-state index contributed by atoms with van der Waals surface area (Å²) in [5, 5.41) is 8.01. The molecule has 0 aliphatic carbocycles. The standard InChI is InChI=1S/C16H21N3/c1-12-5-3-7-16(13(12)2)14-9-18-19(11-14)15-6-4-8-17-10-15/h3,5,7,9,11,15,17H,4,6,8,10H2,1-2H3. The lowest BCUT2D eigenvalue weighted by atomic mass is 9.99. The minimum absolute atomic E-state index is 0.507. The number of nitrogens with one attached hydrogen (secondary N) is 1. The zero-order valence-electron chi connectivity index (χ0n) is 11.7. The van der Waals surface area contributed by atoms with Crippen LogP contribution in [0.15, 0.2) is 30.6 Å². The second-order valence-electron chi connectivity index (χ2n) is 5.46. The van der Waals surface area contributed by atoms with Gasteiger partial charge in [-0.3, -0.25) is 4.68 Å². The number of aromatic nitrogens is 2. The summed E-state index contributed by atoms with van der Waals surface area (Å²) in [6.45, 7) is 6.52. The molecule has 0 spiro atoms. The van der Waals surface area contributed by atoms with Crippen LogP contribution in [0.3, 0.4) is 0 Å². The third-order valence-corrected chi connectivity index (χ3v) is 4.16. The van der Waals surface area contributed by atoms with Crippen LogP contribution < -0.4 is 5.32 Å². The first kappa shape index (κ1) is 12.4. The third-order valence-electron chi connectivity index (χ3n) is 4.16. The highest BCUT2D eigenvalue weighted by molar-refractivity contribution is 5.67. The van der Waals surface area contributed by atoms with E-state index in [1.54, 1.807) is 0 Å². The van der Waals surface area contributed by atoms with Gasteiger partial charge in [0.1, 0.15) is 0 Å². The molecule has 0 saturated carbocycles. The van der Waals surface area contributed by atoms with Crippen molar-refractivity contribution in [3.8, 4) is 11.1 Å². The van der Waals surface area contributed by atoms with Gasteiger partial charge in [0.05, 0.1) is 12.2 Å². The summed E-state index contributed by atoms with van der Waals surface area (Å²) in [7, 11) is 0. The fourth-order valence-electron chi connectivity index (χ4n) is 2.80. The minimum Gasteiger partial charge on any atom is -0.315 e. The van der Waals surface area contributed by atoms with Crippen molar-refractivity contribution in [2.45, 2.75) is 32.7 Å². The molecule has 2 aromatic rings. The molecule has 2 heterocycles. The zero-order valence-corrected chi connectivity index (χ0v) is 11.7. The van der Waals surface area contributed by atoms with Crippen LogP contribution in [0.25, 0.3) is 11.1 Å². The lowest BCUT2D eigenvalue weighted by Crippen LogP contribution is -2.31. The SMILES string of the molecule is Cc1cccc(-c2cnn(C3CCCNC3)c2)c1C. The molecular formula is C16H21N3. The maximum Gasteiger partial charge on any atom is 0.0644 e. The molecule has 1 aromatic carbocycles. The molecule has 100 valence electrons. The van der Waals surface area contributed by atoms with Gasteiger partial charge in [-0.25, -0.2) is 0 Å². The van der Waals surface area contributed by atoms with Crippen LogP contribution >= 0.6 is 0 Å². The second kappa shape index (κ2) is 5.17. The summed E-state index contributed by atoms with van der Waals surface area (Å²) < 4.78 is 2.13. The number of hydrogen-bond acceptors (Lipinski definition) is 2. The lowest BCUT2D eigenvalue weighted by molar-refractivity contribution is 0.347. The fraction of sp³-hybridized carbons (Fsp3) is 0.438. The van der Waals surface area contributed by atoms with Gasteiger partial charge in [-0.1, -0.05) is 18.2 Å². The molecule has 0 amide bonds. The van der Waals surface area contributed by atoms with Crippen molar-refractivity contribution >= 4 is 0 Å². The number of aryl methyl sites for hydroxylation is 1. The maximum atomic E-state index is 4.56. The topological polar surface area (TPSA) is 29.9 Å². The fourth-order valence-corrected chi connectivity index (χ4v) is 2.80. The second-order valence-corrected chi connectivity index (χ2v) is 5.46. The highest BCUT2D eigenvalue weighted by atomic mass is 15.3. The average Bonchev–Trinajstić information content (AvgIpc) is 2.92. The van der Waals surface area contributed by atoms with Gasteiger partial charge in [-0.05, 0) is 49.9 Å². The van der Waals surface area contributed by atoms with E-state index in [9.17, 15) is 0 Å². The maximum absolute atomic E-state index is 4.56. The first-order chi connectivity index (χ1) is 9.25. The van der Waals surface area contributed by atoms with Crippen molar-refractivity contribution in [3.05, 3.63) is 41.7 Å². The van der Waals surface area contributed by atoms with Crippen LogP contribution in [-0.2, 0) is 0 Å². The molecule has 3 nitrogen and oxygen atoms in total. The summed E-state index contributed by atoms with van der Waals surface area (Å²) in [4.78, 5) is 0. The van der Waals surface area contributed by atoms with E-state index in [-0.39, 0.29) is 0 Å². The Kier molecular flexibility index (Phi) is 3.38. The monoisotopic (exact) mass is 255 g/mol. The van der Waals surface area contributed by atoms with Gasteiger partial charge in [0.15, 0.2) is 0 Å². The number of hydrogen-bond donors (Lipinski definition) is 1. The molecule has 19 heavy (non-hydrogen) atoms. The van der Waals surface area contributed by atoms with Crippen LogP contribution in [0.5, 0.6) is 0 Å². The number of piperidine rings is 1. The highest BCUT2D eigenvalue weighted by Gasteiger charge is 2.16. The van der Waals surface area contributed by atoms with E-state index in [1.807, 2.05) is 6.20 Å². The van der Waals surface area contributed by atoms with E-state index in [4.69, 9.17) is 0 Å². The van der Waals surface area contributed by atoms with Gasteiger partial charge >= 0.3 is 0 Å². The van der Waals surface area contributed by atoms with Crippen molar-refractivity contribution in [2.24, 2.45) is 0 Å². The van der Waals surface area contributed by atoms with E-state index < -0.39 is 0 Å². The van der Waals surface area contributed by atoms with Crippen LogP contribution in [0, 0.1) is 13.8 Å². The van der Waals surface area contributed by atoms with Crippen molar-refractivity contribution in [3.63, 3.8) is 0 Å².